The number of imidazole rings is 1. The molecule has 0 amide bonds. The van der Waals surface area contributed by atoms with Gasteiger partial charge in [-0.15, -0.1) is 0 Å². The molecule has 20 heavy (non-hydrogen) atoms. The maximum Gasteiger partial charge on any atom is 0.321 e. The predicted octanol–water partition coefficient (Wildman–Crippen LogP) is 0.784. The molecule has 8 heteroatoms. The number of sulfonamides is 1. The molecule has 0 spiro atoms. The van der Waals surface area contributed by atoms with Crippen molar-refractivity contribution in [1.82, 2.24) is 13.9 Å². The zero-order chi connectivity index (χ0) is 15.5. The molecule has 0 saturated carbocycles. The number of ether oxygens (including phenoxy) is 1. The molecule has 0 N–H and O–H groups in total. The Morgan fingerprint density at radius 1 is 1.50 bits per heavy atom. The van der Waals surface area contributed by atoms with Gasteiger partial charge in [0.2, 0.25) is 0 Å². The van der Waals surface area contributed by atoms with Crippen molar-refractivity contribution >= 4 is 16.0 Å². The molecule has 0 aliphatic rings. The van der Waals surface area contributed by atoms with Gasteiger partial charge in [0.1, 0.15) is 12.4 Å². The SMILES string of the molecule is CCn1cc(S(=O)(=O)N(CC(=O)OC)C(C)C)nc1C. The molecule has 0 fully saturated rings. The summed E-state index contributed by atoms with van der Waals surface area (Å²) in [5, 5.41) is -0.0468. The molecular weight excluding hydrogens is 282 g/mol. The Morgan fingerprint density at radius 3 is 2.50 bits per heavy atom. The standard InChI is InChI=1S/C12H21N3O4S/c1-6-14-7-11(13-10(14)4)20(17,18)15(9(2)3)8-12(16)19-5/h7,9H,6,8H2,1-5H3. The van der Waals surface area contributed by atoms with Crippen molar-refractivity contribution in [2.45, 2.75) is 45.3 Å². The van der Waals surface area contributed by atoms with Gasteiger partial charge in [-0.3, -0.25) is 4.79 Å². The highest BCUT2D eigenvalue weighted by Gasteiger charge is 2.31. The average Bonchev–Trinajstić information content (AvgIpc) is 2.76. The number of methoxy groups -OCH3 is 1. The summed E-state index contributed by atoms with van der Waals surface area (Å²) >= 11 is 0. The number of rotatable bonds is 6. The Morgan fingerprint density at radius 2 is 2.10 bits per heavy atom. The lowest BCUT2D eigenvalue weighted by Gasteiger charge is -2.23. The topological polar surface area (TPSA) is 81.5 Å². The Bertz CT molecular complexity index is 578. The zero-order valence-corrected chi connectivity index (χ0v) is 13.3. The Kier molecular flexibility index (Phi) is 5.29. The van der Waals surface area contributed by atoms with Gasteiger partial charge in [0, 0.05) is 18.8 Å². The van der Waals surface area contributed by atoms with Crippen LogP contribution in [0, 0.1) is 6.92 Å². The lowest BCUT2D eigenvalue weighted by molar-refractivity contribution is -0.141. The highest BCUT2D eigenvalue weighted by Crippen LogP contribution is 2.17. The average molecular weight is 303 g/mol. The van der Waals surface area contributed by atoms with Crippen molar-refractivity contribution in [2.75, 3.05) is 13.7 Å². The third-order valence-electron chi connectivity index (χ3n) is 2.96. The van der Waals surface area contributed by atoms with E-state index in [2.05, 4.69) is 9.72 Å². The summed E-state index contributed by atoms with van der Waals surface area (Å²) < 4.78 is 32.5. The van der Waals surface area contributed by atoms with E-state index in [1.165, 1.54) is 13.3 Å². The van der Waals surface area contributed by atoms with Crippen LogP contribution >= 0.6 is 0 Å². The maximum absolute atomic E-state index is 12.5. The first-order valence-corrected chi connectivity index (χ1v) is 7.80. The van der Waals surface area contributed by atoms with Crippen LogP contribution in [0.25, 0.3) is 0 Å². The predicted molar refractivity (Wildman–Crippen MR) is 73.7 cm³/mol. The monoisotopic (exact) mass is 303 g/mol. The number of carbonyl (C=O) groups excluding carboxylic acids is 1. The largest absolute Gasteiger partial charge is 0.468 e. The van der Waals surface area contributed by atoms with Crippen LogP contribution in [0.15, 0.2) is 11.2 Å². The molecule has 0 unspecified atom stereocenters. The number of hydrogen-bond acceptors (Lipinski definition) is 5. The number of nitrogens with zero attached hydrogens (tertiary/aromatic N) is 3. The fourth-order valence-electron chi connectivity index (χ4n) is 1.78. The molecule has 7 nitrogen and oxygen atoms in total. The maximum atomic E-state index is 12.5. The van der Waals surface area contributed by atoms with Crippen molar-refractivity contribution in [1.29, 1.82) is 0 Å². The lowest BCUT2D eigenvalue weighted by Crippen LogP contribution is -2.41. The van der Waals surface area contributed by atoms with Crippen LogP contribution in [-0.2, 0) is 26.1 Å². The molecule has 0 radical (unpaired) electrons. The van der Waals surface area contributed by atoms with E-state index in [1.807, 2.05) is 6.92 Å². The second-order valence-corrected chi connectivity index (χ2v) is 6.47. The fraction of sp³-hybridized carbons (Fsp3) is 0.667. The van der Waals surface area contributed by atoms with E-state index in [0.29, 0.717) is 12.4 Å². The summed E-state index contributed by atoms with van der Waals surface area (Å²) in [6, 6.07) is -0.369. The lowest BCUT2D eigenvalue weighted by atomic mass is 10.4. The van der Waals surface area contributed by atoms with Gasteiger partial charge >= 0.3 is 5.97 Å². The van der Waals surface area contributed by atoms with Crippen LogP contribution < -0.4 is 0 Å². The third kappa shape index (κ3) is 3.37. The van der Waals surface area contributed by atoms with Gasteiger partial charge in [-0.25, -0.2) is 13.4 Å². The molecule has 114 valence electrons. The summed E-state index contributed by atoms with van der Waals surface area (Å²) in [4.78, 5) is 15.4. The first-order chi connectivity index (χ1) is 9.23. The molecule has 1 heterocycles. The Hall–Kier alpha value is -1.41. The summed E-state index contributed by atoms with van der Waals surface area (Å²) in [5.74, 6) is 0.0155. The minimum absolute atomic E-state index is 0.0468. The van der Waals surface area contributed by atoms with Crippen LogP contribution in [0.4, 0.5) is 0 Å². The van der Waals surface area contributed by atoms with Crippen molar-refractivity contribution < 1.29 is 17.9 Å². The Balaban J connectivity index is 3.18. The van der Waals surface area contributed by atoms with Crippen molar-refractivity contribution in [3.8, 4) is 0 Å². The zero-order valence-electron chi connectivity index (χ0n) is 12.5. The third-order valence-corrected chi connectivity index (χ3v) is 4.85. The Labute approximate surface area is 119 Å². The van der Waals surface area contributed by atoms with Crippen LogP contribution in [0.3, 0.4) is 0 Å². The minimum Gasteiger partial charge on any atom is -0.468 e. The summed E-state index contributed by atoms with van der Waals surface area (Å²) in [7, 11) is -2.59. The van der Waals surface area contributed by atoms with Gasteiger partial charge in [-0.2, -0.15) is 4.31 Å². The molecule has 1 aromatic heterocycles. The number of aryl methyl sites for hydroxylation is 2. The smallest absolute Gasteiger partial charge is 0.321 e. The quantitative estimate of drug-likeness (QED) is 0.726. The molecule has 0 aliphatic heterocycles. The van der Waals surface area contributed by atoms with Crippen molar-refractivity contribution in [3.05, 3.63) is 12.0 Å². The minimum atomic E-state index is -3.82. The first kappa shape index (κ1) is 16.6. The number of hydrogen-bond donors (Lipinski definition) is 0. The highest BCUT2D eigenvalue weighted by molar-refractivity contribution is 7.89. The molecule has 0 aromatic carbocycles. The van der Waals surface area contributed by atoms with E-state index in [-0.39, 0.29) is 17.6 Å². The van der Waals surface area contributed by atoms with Crippen LogP contribution in [-0.4, -0.2) is 47.9 Å². The number of aromatic nitrogens is 2. The first-order valence-electron chi connectivity index (χ1n) is 6.36. The van der Waals surface area contributed by atoms with Crippen molar-refractivity contribution in [3.63, 3.8) is 0 Å². The molecule has 1 aromatic rings. The van der Waals surface area contributed by atoms with E-state index >= 15 is 0 Å². The summed E-state index contributed by atoms with van der Waals surface area (Å²) in [6.07, 6.45) is 1.48. The van der Waals surface area contributed by atoms with E-state index in [1.54, 1.807) is 25.3 Å². The second-order valence-electron chi connectivity index (χ2n) is 4.63. The van der Waals surface area contributed by atoms with E-state index < -0.39 is 16.0 Å². The normalized spacial score (nSPS) is 12.2. The summed E-state index contributed by atoms with van der Waals surface area (Å²) in [5.41, 5.74) is 0. The van der Waals surface area contributed by atoms with E-state index in [0.717, 1.165) is 4.31 Å². The molecule has 0 aliphatic carbocycles. The number of esters is 1. The molecule has 0 atom stereocenters. The van der Waals surface area contributed by atoms with Crippen LogP contribution in [0.5, 0.6) is 0 Å². The second kappa shape index (κ2) is 6.36. The van der Waals surface area contributed by atoms with E-state index in [4.69, 9.17) is 0 Å². The van der Waals surface area contributed by atoms with Crippen LogP contribution in [0.1, 0.15) is 26.6 Å². The molecule has 0 bridgehead atoms. The molecule has 0 saturated heterocycles. The molecule has 1 rings (SSSR count). The van der Waals surface area contributed by atoms with Gasteiger partial charge in [0.05, 0.1) is 7.11 Å². The fourth-order valence-corrected chi connectivity index (χ4v) is 3.36. The number of carbonyl (C=O) groups is 1. The van der Waals surface area contributed by atoms with Gasteiger partial charge in [-0.05, 0) is 27.7 Å². The van der Waals surface area contributed by atoms with Gasteiger partial charge in [-0.1, -0.05) is 0 Å². The molecular formula is C12H21N3O4S. The van der Waals surface area contributed by atoms with Crippen molar-refractivity contribution in [2.24, 2.45) is 0 Å². The highest BCUT2D eigenvalue weighted by atomic mass is 32.2. The van der Waals surface area contributed by atoms with Gasteiger partial charge in [0.25, 0.3) is 10.0 Å². The summed E-state index contributed by atoms with van der Waals surface area (Å²) in [6.45, 7) is 7.35. The van der Waals surface area contributed by atoms with Gasteiger partial charge in [0.15, 0.2) is 5.03 Å². The van der Waals surface area contributed by atoms with Gasteiger partial charge < -0.3 is 9.30 Å². The van der Waals surface area contributed by atoms with E-state index in [9.17, 15) is 13.2 Å². The van der Waals surface area contributed by atoms with Crippen LogP contribution in [0.2, 0.25) is 0 Å².